The first-order valence-electron chi connectivity index (χ1n) is 11.3. The molecule has 2 atom stereocenters. The number of hydrogen-bond acceptors (Lipinski definition) is 8. The number of aliphatic hydroxyl groups is 1. The molecule has 0 aromatic carbocycles. The van der Waals surface area contributed by atoms with Gasteiger partial charge in [0.2, 0.25) is 5.88 Å². The van der Waals surface area contributed by atoms with Crippen molar-refractivity contribution < 1.29 is 27.7 Å². The van der Waals surface area contributed by atoms with Crippen LogP contribution in [0.5, 0.6) is 17.4 Å². The molecule has 0 saturated heterocycles. The van der Waals surface area contributed by atoms with E-state index in [9.17, 15) is 13.5 Å². The fourth-order valence-corrected chi connectivity index (χ4v) is 3.61. The number of sulfone groups is 1. The van der Waals surface area contributed by atoms with Gasteiger partial charge in [0.05, 0.1) is 36.0 Å². The van der Waals surface area contributed by atoms with E-state index in [-0.39, 0.29) is 23.6 Å². The van der Waals surface area contributed by atoms with Crippen LogP contribution in [0.15, 0.2) is 53.7 Å². The van der Waals surface area contributed by atoms with Gasteiger partial charge in [-0.25, -0.2) is 18.4 Å². The minimum absolute atomic E-state index is 0.0503. The van der Waals surface area contributed by atoms with Crippen LogP contribution in [0.25, 0.3) is 17.1 Å². The molecule has 3 aromatic heterocycles. The first-order chi connectivity index (χ1) is 16.6. The quantitative estimate of drug-likeness (QED) is 0.365. The normalized spacial score (nSPS) is 13.8. The second-order valence-corrected chi connectivity index (χ2v) is 10.1. The predicted octanol–water partition coefficient (Wildman–Crippen LogP) is 4.60. The van der Waals surface area contributed by atoms with Crippen LogP contribution in [-0.4, -0.2) is 53.5 Å². The first-order valence-corrected chi connectivity index (χ1v) is 13.2. The summed E-state index contributed by atoms with van der Waals surface area (Å²) in [4.78, 5) is 11.8. The van der Waals surface area contributed by atoms with Gasteiger partial charge in [-0.2, -0.15) is 0 Å². The fourth-order valence-electron chi connectivity index (χ4n) is 3.05. The second kappa shape index (κ2) is 11.4. The molecule has 10 heteroatoms. The Kier molecular flexibility index (Phi) is 8.52. The number of hydrogen-bond donors (Lipinski definition) is 2. The van der Waals surface area contributed by atoms with Crippen molar-refractivity contribution in [2.24, 2.45) is 0 Å². The molecule has 0 spiro atoms. The topological polar surface area (TPSA) is 124 Å². The maximum atomic E-state index is 11.7. The Hall–Kier alpha value is -3.37. The molecule has 9 nitrogen and oxygen atoms in total. The predicted molar refractivity (Wildman–Crippen MR) is 133 cm³/mol. The lowest BCUT2D eigenvalue weighted by atomic mass is 10.2. The molecule has 1 unspecified atom stereocenters. The largest absolute Gasteiger partial charge is 0.489 e. The smallest absolute Gasteiger partial charge is 0.223 e. The van der Waals surface area contributed by atoms with Gasteiger partial charge in [0.25, 0.3) is 0 Å². The number of aromatic amines is 1. The van der Waals surface area contributed by atoms with Gasteiger partial charge in [0, 0.05) is 18.4 Å². The molecule has 0 aliphatic carbocycles. The molecule has 2 N–H and O–H groups in total. The number of rotatable bonds is 11. The second-order valence-electron chi connectivity index (χ2n) is 8.12. The van der Waals surface area contributed by atoms with Crippen LogP contribution in [-0.2, 0) is 14.6 Å². The molecule has 35 heavy (non-hydrogen) atoms. The Morgan fingerprint density at radius 2 is 1.91 bits per heavy atom. The third-order valence-electron chi connectivity index (χ3n) is 5.07. The van der Waals surface area contributed by atoms with E-state index in [1.807, 2.05) is 32.1 Å². The summed E-state index contributed by atoms with van der Waals surface area (Å²) in [5, 5.41) is 9.36. The molecule has 188 valence electrons. The summed E-state index contributed by atoms with van der Waals surface area (Å²) >= 11 is 0. The Bertz CT molecular complexity index is 1270. The summed E-state index contributed by atoms with van der Waals surface area (Å²) in [6.45, 7) is 7.57. The van der Waals surface area contributed by atoms with Crippen LogP contribution in [0.3, 0.4) is 0 Å². The van der Waals surface area contributed by atoms with E-state index >= 15 is 0 Å². The lowest BCUT2D eigenvalue weighted by Crippen LogP contribution is -2.16. The highest BCUT2D eigenvalue weighted by atomic mass is 32.2. The van der Waals surface area contributed by atoms with Gasteiger partial charge < -0.3 is 24.3 Å². The monoisotopic (exact) mass is 501 g/mol. The summed E-state index contributed by atoms with van der Waals surface area (Å²) in [6.07, 6.45) is 4.83. The van der Waals surface area contributed by atoms with E-state index in [0.717, 1.165) is 24.1 Å². The van der Waals surface area contributed by atoms with Gasteiger partial charge in [-0.3, -0.25) is 0 Å². The van der Waals surface area contributed by atoms with Crippen LogP contribution < -0.4 is 9.47 Å². The molecule has 0 radical (unpaired) electrons. The lowest BCUT2D eigenvalue weighted by Gasteiger charge is -2.15. The van der Waals surface area contributed by atoms with Crippen LogP contribution in [0, 0.1) is 0 Å². The zero-order valence-electron chi connectivity index (χ0n) is 20.5. The van der Waals surface area contributed by atoms with Crippen molar-refractivity contribution in [3.63, 3.8) is 0 Å². The number of nitrogens with zero attached hydrogens (tertiary/aromatic N) is 2. The highest BCUT2D eigenvalue weighted by Crippen LogP contribution is 2.31. The van der Waals surface area contributed by atoms with Gasteiger partial charge in [-0.15, -0.1) is 0 Å². The Morgan fingerprint density at radius 3 is 2.51 bits per heavy atom. The van der Waals surface area contributed by atoms with Crippen LogP contribution >= 0.6 is 0 Å². The molecule has 0 bridgehead atoms. The molecular weight excluding hydrogens is 470 g/mol. The van der Waals surface area contributed by atoms with Gasteiger partial charge in [0.1, 0.15) is 23.4 Å². The Labute approximate surface area is 205 Å². The van der Waals surface area contributed by atoms with Crippen molar-refractivity contribution >= 4 is 15.6 Å². The standard InChI is InChI=1S/C25H31N3O6S/c1-6-16(3)33-23(7-2)21-10-9-20(27-21)22-12-19(32-17(4)15-29)13-24(28-22)34-18-8-11-25(26-14-18)35(5,30)31/h7-14,16-17,27,29H,6,15H2,1-5H3/b23-7+/t16?,17-/m0/s1. The summed E-state index contributed by atoms with van der Waals surface area (Å²) in [6, 6.07) is 10.00. The van der Waals surface area contributed by atoms with Crippen LogP contribution in [0.2, 0.25) is 0 Å². The number of allylic oxidation sites excluding steroid dienone is 1. The molecule has 3 aromatic rings. The third kappa shape index (κ3) is 7.06. The minimum atomic E-state index is -3.42. The number of aromatic nitrogens is 3. The van der Waals surface area contributed by atoms with Crippen molar-refractivity contribution in [1.29, 1.82) is 0 Å². The van der Waals surface area contributed by atoms with Gasteiger partial charge in [-0.1, -0.05) is 6.92 Å². The SMILES string of the molecule is C/C=C(/OC(C)CC)c1ccc(-c2cc(O[C@@H](C)CO)cc(Oc3ccc(S(C)(=O)=O)nc3)n2)[nH]1. The van der Waals surface area contributed by atoms with Crippen LogP contribution in [0.4, 0.5) is 0 Å². The average molecular weight is 502 g/mol. The molecular formula is C25H31N3O6S. The van der Waals surface area contributed by atoms with Crippen molar-refractivity contribution in [2.75, 3.05) is 12.9 Å². The van der Waals surface area contributed by atoms with E-state index in [4.69, 9.17) is 14.2 Å². The lowest BCUT2D eigenvalue weighted by molar-refractivity contribution is 0.129. The van der Waals surface area contributed by atoms with E-state index < -0.39 is 15.9 Å². The van der Waals surface area contributed by atoms with Crippen LogP contribution in [0.1, 0.15) is 39.8 Å². The van der Waals surface area contributed by atoms with Gasteiger partial charge in [0.15, 0.2) is 14.9 Å². The summed E-state index contributed by atoms with van der Waals surface area (Å²) in [5.41, 5.74) is 2.07. The molecule has 3 rings (SSSR count). The molecule has 0 aliphatic rings. The van der Waals surface area contributed by atoms with E-state index in [1.165, 1.54) is 18.3 Å². The Balaban J connectivity index is 1.94. The number of aliphatic hydroxyl groups excluding tert-OH is 1. The summed E-state index contributed by atoms with van der Waals surface area (Å²) in [5.74, 6) is 1.72. The Morgan fingerprint density at radius 1 is 1.14 bits per heavy atom. The van der Waals surface area contributed by atoms with E-state index in [2.05, 4.69) is 21.9 Å². The number of pyridine rings is 2. The van der Waals surface area contributed by atoms with Gasteiger partial charge >= 0.3 is 0 Å². The number of ether oxygens (including phenoxy) is 3. The summed E-state index contributed by atoms with van der Waals surface area (Å²) in [7, 11) is -3.42. The highest BCUT2D eigenvalue weighted by molar-refractivity contribution is 7.90. The average Bonchev–Trinajstić information content (AvgIpc) is 3.32. The van der Waals surface area contributed by atoms with Crippen molar-refractivity contribution in [1.82, 2.24) is 15.0 Å². The summed E-state index contributed by atoms with van der Waals surface area (Å²) < 4.78 is 41.0. The number of nitrogens with one attached hydrogen (secondary N) is 1. The first kappa shape index (κ1) is 26.2. The molecule has 0 amide bonds. The molecule has 0 aliphatic heterocycles. The molecule has 0 saturated carbocycles. The van der Waals surface area contributed by atoms with E-state index in [1.54, 1.807) is 19.1 Å². The molecule has 0 fully saturated rings. The maximum absolute atomic E-state index is 11.7. The zero-order chi connectivity index (χ0) is 25.6. The third-order valence-corrected chi connectivity index (χ3v) is 6.08. The highest BCUT2D eigenvalue weighted by Gasteiger charge is 2.15. The van der Waals surface area contributed by atoms with E-state index in [0.29, 0.717) is 22.9 Å². The minimum Gasteiger partial charge on any atom is -0.489 e. The van der Waals surface area contributed by atoms with Gasteiger partial charge in [-0.05, 0) is 57.5 Å². The fraction of sp³-hybridized carbons (Fsp3) is 0.360. The van der Waals surface area contributed by atoms with Crippen molar-refractivity contribution in [3.05, 3.63) is 54.4 Å². The van der Waals surface area contributed by atoms with Crippen molar-refractivity contribution in [2.45, 2.75) is 51.3 Å². The maximum Gasteiger partial charge on any atom is 0.223 e. The van der Waals surface area contributed by atoms with Crippen molar-refractivity contribution in [3.8, 4) is 28.8 Å². The number of H-pyrrole nitrogens is 1. The molecule has 3 heterocycles. The zero-order valence-corrected chi connectivity index (χ0v) is 21.3.